The average Bonchev–Trinajstić information content (AvgIpc) is 2.61. The van der Waals surface area contributed by atoms with Crippen molar-refractivity contribution in [1.29, 1.82) is 0 Å². The van der Waals surface area contributed by atoms with Crippen molar-refractivity contribution in [2.75, 3.05) is 0 Å². The standard InChI is InChI=1S/C15H19N/c1-11-4-2-5-12(8-11)10-16-15-9-13-6-3-7-14(13)15/h2-5,7-8,13-16H,6,9-10H2,1H3. The Hall–Kier alpha value is -1.08. The summed E-state index contributed by atoms with van der Waals surface area (Å²) in [4.78, 5) is 0. The van der Waals surface area contributed by atoms with Gasteiger partial charge in [0.05, 0.1) is 0 Å². The minimum Gasteiger partial charge on any atom is -0.309 e. The van der Waals surface area contributed by atoms with E-state index < -0.39 is 0 Å². The van der Waals surface area contributed by atoms with Crippen LogP contribution in [-0.4, -0.2) is 6.04 Å². The number of allylic oxidation sites excluding steroid dienone is 1. The van der Waals surface area contributed by atoms with Gasteiger partial charge >= 0.3 is 0 Å². The lowest BCUT2D eigenvalue weighted by Gasteiger charge is -2.40. The van der Waals surface area contributed by atoms with E-state index in [1.807, 2.05) is 0 Å². The van der Waals surface area contributed by atoms with Gasteiger partial charge in [0.2, 0.25) is 0 Å². The summed E-state index contributed by atoms with van der Waals surface area (Å²) in [5.74, 6) is 1.78. The molecule has 2 aliphatic carbocycles. The van der Waals surface area contributed by atoms with Gasteiger partial charge in [0.25, 0.3) is 0 Å². The van der Waals surface area contributed by atoms with Gasteiger partial charge in [0.1, 0.15) is 0 Å². The van der Waals surface area contributed by atoms with Crippen molar-refractivity contribution in [3.8, 4) is 0 Å². The number of hydrogen-bond acceptors (Lipinski definition) is 1. The Morgan fingerprint density at radius 2 is 2.31 bits per heavy atom. The molecule has 0 radical (unpaired) electrons. The number of benzene rings is 1. The van der Waals surface area contributed by atoms with Gasteiger partial charge in [-0.1, -0.05) is 42.0 Å². The largest absolute Gasteiger partial charge is 0.309 e. The number of nitrogens with one attached hydrogen (secondary N) is 1. The summed E-state index contributed by atoms with van der Waals surface area (Å²) < 4.78 is 0. The minimum atomic E-state index is 0.726. The van der Waals surface area contributed by atoms with Crippen LogP contribution in [-0.2, 0) is 6.54 Å². The lowest BCUT2D eigenvalue weighted by molar-refractivity contribution is 0.162. The van der Waals surface area contributed by atoms with Crippen LogP contribution >= 0.6 is 0 Å². The molecule has 0 spiro atoms. The maximum absolute atomic E-state index is 3.68. The summed E-state index contributed by atoms with van der Waals surface area (Å²) in [6, 6.07) is 9.51. The van der Waals surface area contributed by atoms with Gasteiger partial charge in [-0.3, -0.25) is 0 Å². The first-order valence-electron chi connectivity index (χ1n) is 6.28. The predicted octanol–water partition coefficient (Wildman–Crippen LogP) is 3.05. The molecular weight excluding hydrogens is 194 g/mol. The Balaban J connectivity index is 1.55. The molecule has 1 N–H and O–H groups in total. The quantitative estimate of drug-likeness (QED) is 0.761. The number of fused-ring (bicyclic) bond motifs is 1. The van der Waals surface area contributed by atoms with Crippen LogP contribution < -0.4 is 5.32 Å². The monoisotopic (exact) mass is 213 g/mol. The van der Waals surface area contributed by atoms with Gasteiger partial charge in [-0.05, 0) is 37.2 Å². The molecule has 1 heteroatoms. The van der Waals surface area contributed by atoms with Gasteiger partial charge in [0, 0.05) is 12.6 Å². The van der Waals surface area contributed by atoms with Gasteiger partial charge in [0.15, 0.2) is 0 Å². The van der Waals surface area contributed by atoms with E-state index in [2.05, 4.69) is 48.7 Å². The summed E-state index contributed by atoms with van der Waals surface area (Å²) in [6.07, 6.45) is 7.43. The normalized spacial score (nSPS) is 31.2. The molecule has 2 aliphatic rings. The molecule has 1 aromatic rings. The Morgan fingerprint density at radius 1 is 1.38 bits per heavy atom. The van der Waals surface area contributed by atoms with Crippen molar-refractivity contribution in [1.82, 2.24) is 5.32 Å². The fourth-order valence-corrected chi connectivity index (χ4v) is 3.02. The molecule has 3 unspecified atom stereocenters. The first-order valence-corrected chi connectivity index (χ1v) is 6.28. The van der Waals surface area contributed by atoms with E-state index in [0.29, 0.717) is 0 Å². The van der Waals surface area contributed by atoms with E-state index >= 15 is 0 Å². The molecule has 0 amide bonds. The minimum absolute atomic E-state index is 0.726. The van der Waals surface area contributed by atoms with Gasteiger partial charge in [-0.2, -0.15) is 0 Å². The summed E-state index contributed by atoms with van der Waals surface area (Å²) in [7, 11) is 0. The summed E-state index contributed by atoms with van der Waals surface area (Å²) in [6.45, 7) is 3.17. The molecule has 0 saturated heterocycles. The molecule has 1 saturated carbocycles. The maximum atomic E-state index is 3.68. The highest BCUT2D eigenvalue weighted by Crippen LogP contribution is 2.42. The summed E-state index contributed by atoms with van der Waals surface area (Å²) >= 11 is 0. The molecule has 1 aromatic carbocycles. The smallest absolute Gasteiger partial charge is 0.0208 e. The number of rotatable bonds is 3. The Kier molecular flexibility index (Phi) is 2.56. The molecule has 0 bridgehead atoms. The lowest BCUT2D eigenvalue weighted by Crippen LogP contribution is -2.47. The summed E-state index contributed by atoms with van der Waals surface area (Å²) in [5, 5.41) is 3.68. The zero-order valence-electron chi connectivity index (χ0n) is 9.82. The number of aryl methyl sites for hydroxylation is 1. The van der Waals surface area contributed by atoms with Crippen LogP contribution in [0.1, 0.15) is 24.0 Å². The van der Waals surface area contributed by atoms with E-state index in [4.69, 9.17) is 0 Å². The lowest BCUT2D eigenvalue weighted by atomic mass is 9.71. The summed E-state index contributed by atoms with van der Waals surface area (Å²) in [5.41, 5.74) is 2.76. The second-order valence-corrected chi connectivity index (χ2v) is 5.21. The topological polar surface area (TPSA) is 12.0 Å². The van der Waals surface area contributed by atoms with Crippen LogP contribution in [0.15, 0.2) is 36.4 Å². The van der Waals surface area contributed by atoms with Gasteiger partial charge in [-0.25, -0.2) is 0 Å². The van der Waals surface area contributed by atoms with Gasteiger partial charge in [-0.15, -0.1) is 0 Å². The van der Waals surface area contributed by atoms with Crippen LogP contribution in [0.3, 0.4) is 0 Å². The van der Waals surface area contributed by atoms with E-state index in [-0.39, 0.29) is 0 Å². The van der Waals surface area contributed by atoms with E-state index in [1.54, 1.807) is 0 Å². The number of hydrogen-bond donors (Lipinski definition) is 1. The Labute approximate surface area is 97.6 Å². The highest BCUT2D eigenvalue weighted by atomic mass is 14.9. The van der Waals surface area contributed by atoms with Crippen LogP contribution in [0.4, 0.5) is 0 Å². The van der Waals surface area contributed by atoms with E-state index in [9.17, 15) is 0 Å². The molecule has 1 fully saturated rings. The van der Waals surface area contributed by atoms with E-state index in [0.717, 1.165) is 24.4 Å². The van der Waals surface area contributed by atoms with Crippen LogP contribution in [0, 0.1) is 18.8 Å². The van der Waals surface area contributed by atoms with Crippen molar-refractivity contribution >= 4 is 0 Å². The highest BCUT2D eigenvalue weighted by Gasteiger charge is 2.40. The second-order valence-electron chi connectivity index (χ2n) is 5.21. The molecule has 0 heterocycles. The molecule has 3 rings (SSSR count). The van der Waals surface area contributed by atoms with Crippen LogP contribution in [0.25, 0.3) is 0 Å². The molecule has 1 nitrogen and oxygen atoms in total. The zero-order chi connectivity index (χ0) is 11.0. The van der Waals surface area contributed by atoms with Crippen LogP contribution in [0.5, 0.6) is 0 Å². The van der Waals surface area contributed by atoms with Gasteiger partial charge < -0.3 is 5.32 Å². The molecule has 0 aromatic heterocycles. The Morgan fingerprint density at radius 3 is 3.12 bits per heavy atom. The first kappa shape index (κ1) is 10.1. The van der Waals surface area contributed by atoms with Crippen LogP contribution in [0.2, 0.25) is 0 Å². The molecular formula is C15H19N. The molecule has 3 atom stereocenters. The van der Waals surface area contributed by atoms with Crippen molar-refractivity contribution in [3.63, 3.8) is 0 Å². The van der Waals surface area contributed by atoms with Crippen molar-refractivity contribution < 1.29 is 0 Å². The third-order valence-electron chi connectivity index (χ3n) is 4.01. The van der Waals surface area contributed by atoms with Crippen molar-refractivity contribution in [2.45, 2.75) is 32.4 Å². The SMILES string of the molecule is Cc1cccc(CNC2CC3CC=CC32)c1. The van der Waals surface area contributed by atoms with E-state index in [1.165, 1.54) is 24.0 Å². The molecule has 84 valence electrons. The third-order valence-corrected chi connectivity index (χ3v) is 4.01. The first-order chi connectivity index (χ1) is 7.83. The average molecular weight is 213 g/mol. The maximum Gasteiger partial charge on any atom is 0.0208 e. The third kappa shape index (κ3) is 1.80. The predicted molar refractivity (Wildman–Crippen MR) is 67.2 cm³/mol. The fourth-order valence-electron chi connectivity index (χ4n) is 3.02. The molecule has 16 heavy (non-hydrogen) atoms. The molecule has 0 aliphatic heterocycles. The van der Waals surface area contributed by atoms with Crippen molar-refractivity contribution in [3.05, 3.63) is 47.5 Å². The second kappa shape index (κ2) is 4.06. The van der Waals surface area contributed by atoms with Crippen molar-refractivity contribution in [2.24, 2.45) is 11.8 Å². The Bertz CT molecular complexity index is 408. The highest BCUT2D eigenvalue weighted by molar-refractivity contribution is 5.22. The zero-order valence-corrected chi connectivity index (χ0v) is 9.82. The fraction of sp³-hybridized carbons (Fsp3) is 0.467.